The topological polar surface area (TPSA) is 78.4 Å². The van der Waals surface area contributed by atoms with E-state index < -0.39 is 6.10 Å². The number of carbonyl (C=O) groups is 1. The van der Waals surface area contributed by atoms with Crippen LogP contribution in [0.4, 0.5) is 5.95 Å². The number of hydrogen-bond donors (Lipinski definition) is 2. The van der Waals surface area contributed by atoms with Gasteiger partial charge in [-0.25, -0.2) is 9.97 Å². The average molecular weight is 340 g/mol. The molecule has 3 rings (SSSR count). The maximum absolute atomic E-state index is 12.3. The van der Waals surface area contributed by atoms with Gasteiger partial charge in [-0.1, -0.05) is 30.3 Å². The molecule has 1 saturated heterocycles. The molecule has 0 radical (unpaired) electrons. The lowest BCUT2D eigenvalue weighted by atomic mass is 9.87. The third-order valence-electron chi connectivity index (χ3n) is 4.67. The number of anilines is 1. The van der Waals surface area contributed by atoms with Gasteiger partial charge in [0.25, 0.3) is 0 Å². The molecule has 1 atom stereocenters. The first kappa shape index (κ1) is 17.4. The van der Waals surface area contributed by atoms with Crippen LogP contribution in [0.3, 0.4) is 0 Å². The van der Waals surface area contributed by atoms with E-state index in [1.807, 2.05) is 35.2 Å². The number of aliphatic hydroxyl groups is 1. The van der Waals surface area contributed by atoms with E-state index in [0.717, 1.165) is 18.4 Å². The zero-order valence-electron chi connectivity index (χ0n) is 14.2. The third kappa shape index (κ3) is 4.76. The number of nitrogens with zero attached hydrogens (tertiary/aromatic N) is 3. The molecule has 1 fully saturated rings. The van der Waals surface area contributed by atoms with Gasteiger partial charge in [0.2, 0.25) is 11.9 Å². The van der Waals surface area contributed by atoms with Gasteiger partial charge < -0.3 is 15.3 Å². The van der Waals surface area contributed by atoms with Gasteiger partial charge >= 0.3 is 0 Å². The normalized spacial score (nSPS) is 16.4. The lowest BCUT2D eigenvalue weighted by molar-refractivity contribution is -0.132. The Balaban J connectivity index is 1.41. The van der Waals surface area contributed by atoms with Gasteiger partial charge in [0.1, 0.15) is 0 Å². The Labute approximate surface area is 147 Å². The Kier molecular flexibility index (Phi) is 5.95. The van der Waals surface area contributed by atoms with Crippen molar-refractivity contribution in [3.8, 4) is 0 Å². The minimum absolute atomic E-state index is 0.135. The number of aliphatic hydroxyl groups excluding tert-OH is 1. The van der Waals surface area contributed by atoms with Crippen molar-refractivity contribution in [2.75, 3.05) is 25.0 Å². The van der Waals surface area contributed by atoms with E-state index in [2.05, 4.69) is 15.3 Å². The molecule has 1 aliphatic rings. The quantitative estimate of drug-likeness (QED) is 0.843. The van der Waals surface area contributed by atoms with Crippen LogP contribution in [0, 0.1) is 5.92 Å². The summed E-state index contributed by atoms with van der Waals surface area (Å²) in [5, 5.41) is 13.6. The zero-order chi connectivity index (χ0) is 17.5. The van der Waals surface area contributed by atoms with E-state index in [9.17, 15) is 9.90 Å². The number of rotatable bonds is 6. The summed E-state index contributed by atoms with van der Waals surface area (Å²) in [6.45, 7) is 1.93. The van der Waals surface area contributed by atoms with Crippen molar-refractivity contribution in [1.29, 1.82) is 0 Å². The van der Waals surface area contributed by atoms with Crippen molar-refractivity contribution >= 4 is 11.9 Å². The van der Waals surface area contributed by atoms with Gasteiger partial charge in [-0.05, 0) is 30.4 Å². The van der Waals surface area contributed by atoms with Crippen LogP contribution >= 0.6 is 0 Å². The molecule has 2 aromatic rings. The van der Waals surface area contributed by atoms with Gasteiger partial charge in [-0.15, -0.1) is 0 Å². The highest BCUT2D eigenvalue weighted by molar-refractivity contribution is 5.76. The van der Waals surface area contributed by atoms with E-state index in [-0.39, 0.29) is 11.8 Å². The van der Waals surface area contributed by atoms with Crippen molar-refractivity contribution < 1.29 is 9.90 Å². The minimum Gasteiger partial charge on any atom is -0.388 e. The number of amides is 1. The summed E-state index contributed by atoms with van der Waals surface area (Å²) in [6.07, 6.45) is 4.97. The molecule has 0 bridgehead atoms. The van der Waals surface area contributed by atoms with Gasteiger partial charge in [0, 0.05) is 38.4 Å². The highest BCUT2D eigenvalue weighted by atomic mass is 16.3. The zero-order valence-corrected chi connectivity index (χ0v) is 14.2. The summed E-state index contributed by atoms with van der Waals surface area (Å²) in [5.41, 5.74) is 0.958. The maximum Gasteiger partial charge on any atom is 0.224 e. The molecule has 2 N–H and O–H groups in total. The summed E-state index contributed by atoms with van der Waals surface area (Å²) < 4.78 is 0. The van der Waals surface area contributed by atoms with Crippen molar-refractivity contribution in [3.05, 3.63) is 54.4 Å². The number of piperidine rings is 1. The molecule has 0 aliphatic carbocycles. The van der Waals surface area contributed by atoms with Crippen molar-refractivity contribution in [2.24, 2.45) is 5.92 Å². The maximum atomic E-state index is 12.3. The van der Waals surface area contributed by atoms with Crippen molar-refractivity contribution in [2.45, 2.75) is 25.4 Å². The molecular formula is C19H24N4O2. The first-order chi connectivity index (χ1) is 12.2. The number of likely N-dealkylation sites (tertiary alicyclic amines) is 1. The molecule has 25 heavy (non-hydrogen) atoms. The minimum atomic E-state index is -0.449. The summed E-state index contributed by atoms with van der Waals surface area (Å²) in [4.78, 5) is 22.4. The monoisotopic (exact) mass is 340 g/mol. The number of carbonyl (C=O) groups excluding carboxylic acids is 1. The molecule has 6 nitrogen and oxygen atoms in total. The summed E-state index contributed by atoms with van der Waals surface area (Å²) in [6, 6.07) is 11.5. The number of nitrogens with one attached hydrogen (secondary N) is 1. The number of aromatic nitrogens is 2. The van der Waals surface area contributed by atoms with Crippen LogP contribution < -0.4 is 5.32 Å². The molecule has 2 heterocycles. The molecule has 0 unspecified atom stereocenters. The smallest absolute Gasteiger partial charge is 0.224 e. The van der Waals surface area contributed by atoms with E-state index in [0.29, 0.717) is 32.0 Å². The molecule has 6 heteroatoms. The van der Waals surface area contributed by atoms with Crippen LogP contribution in [0.5, 0.6) is 0 Å². The Morgan fingerprint density at radius 2 is 1.84 bits per heavy atom. The Morgan fingerprint density at radius 3 is 2.52 bits per heavy atom. The van der Waals surface area contributed by atoms with Crippen LogP contribution in [0.2, 0.25) is 0 Å². The molecule has 1 aliphatic heterocycles. The number of benzene rings is 1. The first-order valence-corrected chi connectivity index (χ1v) is 8.75. The highest BCUT2D eigenvalue weighted by Gasteiger charge is 2.27. The summed E-state index contributed by atoms with van der Waals surface area (Å²) in [7, 11) is 0. The highest BCUT2D eigenvalue weighted by Crippen LogP contribution is 2.30. The van der Waals surface area contributed by atoms with Crippen molar-refractivity contribution in [1.82, 2.24) is 14.9 Å². The largest absolute Gasteiger partial charge is 0.388 e. The predicted molar refractivity (Wildman–Crippen MR) is 95.8 cm³/mol. The second kappa shape index (κ2) is 8.58. The summed E-state index contributed by atoms with van der Waals surface area (Å²) >= 11 is 0. The molecular weight excluding hydrogens is 316 g/mol. The van der Waals surface area contributed by atoms with Gasteiger partial charge in [0.05, 0.1) is 6.10 Å². The second-order valence-corrected chi connectivity index (χ2v) is 6.32. The Bertz CT molecular complexity index is 658. The number of hydrogen-bond acceptors (Lipinski definition) is 5. The predicted octanol–water partition coefficient (Wildman–Crippen LogP) is 2.25. The Hall–Kier alpha value is -2.47. The lowest BCUT2D eigenvalue weighted by Crippen LogP contribution is -2.40. The summed E-state index contributed by atoms with van der Waals surface area (Å²) in [5.74, 6) is 0.887. The second-order valence-electron chi connectivity index (χ2n) is 6.32. The SMILES string of the molecule is O=C(CCNc1ncccn1)N1CCC([C@H](O)c2ccccc2)CC1. The van der Waals surface area contributed by atoms with Gasteiger partial charge in [0.15, 0.2) is 0 Å². The fourth-order valence-electron chi connectivity index (χ4n) is 3.22. The van der Waals surface area contributed by atoms with E-state index in [1.54, 1.807) is 18.5 Å². The molecule has 132 valence electrons. The fraction of sp³-hybridized carbons (Fsp3) is 0.421. The third-order valence-corrected chi connectivity index (χ3v) is 4.67. The Morgan fingerprint density at radius 1 is 1.16 bits per heavy atom. The molecule has 0 saturated carbocycles. The van der Waals surface area contributed by atoms with Gasteiger partial charge in [-0.3, -0.25) is 4.79 Å². The average Bonchev–Trinajstić information content (AvgIpc) is 2.69. The molecule has 0 spiro atoms. The van der Waals surface area contributed by atoms with Crippen LogP contribution in [0.25, 0.3) is 0 Å². The molecule has 1 amide bonds. The van der Waals surface area contributed by atoms with Crippen LogP contribution in [-0.4, -0.2) is 45.5 Å². The van der Waals surface area contributed by atoms with E-state index in [4.69, 9.17) is 0 Å². The van der Waals surface area contributed by atoms with E-state index >= 15 is 0 Å². The van der Waals surface area contributed by atoms with E-state index in [1.165, 1.54) is 0 Å². The van der Waals surface area contributed by atoms with Crippen LogP contribution in [0.15, 0.2) is 48.8 Å². The fourth-order valence-corrected chi connectivity index (χ4v) is 3.22. The van der Waals surface area contributed by atoms with Crippen LogP contribution in [-0.2, 0) is 4.79 Å². The lowest BCUT2D eigenvalue weighted by Gasteiger charge is -2.34. The van der Waals surface area contributed by atoms with Crippen LogP contribution in [0.1, 0.15) is 30.9 Å². The standard InChI is InChI=1S/C19H24N4O2/c24-17(7-12-22-19-20-10-4-11-21-19)23-13-8-16(9-14-23)18(25)15-5-2-1-3-6-15/h1-6,10-11,16,18,25H,7-9,12-14H2,(H,20,21,22)/t18-/m1/s1. The van der Waals surface area contributed by atoms with Gasteiger partial charge in [-0.2, -0.15) is 0 Å². The molecule has 1 aromatic carbocycles. The van der Waals surface area contributed by atoms with Crippen molar-refractivity contribution in [3.63, 3.8) is 0 Å². The molecule has 1 aromatic heterocycles. The first-order valence-electron chi connectivity index (χ1n) is 8.75.